The zero-order valence-electron chi connectivity index (χ0n) is 17.9. The molecule has 0 aliphatic carbocycles. The number of ether oxygens (including phenoxy) is 2. The van der Waals surface area contributed by atoms with Gasteiger partial charge in [0.2, 0.25) is 5.91 Å². The average Bonchev–Trinajstić information content (AvgIpc) is 2.70. The Labute approximate surface area is 170 Å². The maximum Gasteiger partial charge on any atom is 0.220 e. The van der Waals surface area contributed by atoms with Gasteiger partial charge < -0.3 is 14.8 Å². The molecule has 1 atom stereocenters. The van der Waals surface area contributed by atoms with E-state index in [0.717, 1.165) is 36.6 Å². The lowest BCUT2D eigenvalue weighted by Gasteiger charge is -2.32. The van der Waals surface area contributed by atoms with Crippen molar-refractivity contribution in [2.45, 2.75) is 46.1 Å². The highest BCUT2D eigenvalue weighted by molar-refractivity contribution is 5.75. The van der Waals surface area contributed by atoms with E-state index in [1.807, 2.05) is 18.2 Å². The molecule has 0 aromatic heterocycles. The molecular weight excluding hydrogens is 352 g/mol. The number of methoxy groups -OCH3 is 2. The first-order valence-electron chi connectivity index (χ1n) is 10.4. The molecule has 1 fully saturated rings. The number of benzene rings is 1. The molecule has 5 nitrogen and oxygen atoms in total. The molecule has 5 heteroatoms. The molecule has 1 amide bonds. The summed E-state index contributed by atoms with van der Waals surface area (Å²) in [6.45, 7) is 8.18. The van der Waals surface area contributed by atoms with Crippen molar-refractivity contribution < 1.29 is 14.3 Å². The van der Waals surface area contributed by atoms with Crippen LogP contribution in [0, 0.1) is 11.8 Å². The van der Waals surface area contributed by atoms with E-state index in [-0.39, 0.29) is 5.91 Å². The quantitative estimate of drug-likeness (QED) is 0.615. The Morgan fingerprint density at radius 2 is 2.14 bits per heavy atom. The van der Waals surface area contributed by atoms with Crippen molar-refractivity contribution in [1.82, 2.24) is 10.2 Å². The molecule has 0 bridgehead atoms. The Morgan fingerprint density at radius 1 is 1.32 bits per heavy atom. The van der Waals surface area contributed by atoms with E-state index in [4.69, 9.17) is 9.47 Å². The van der Waals surface area contributed by atoms with E-state index < -0.39 is 0 Å². The van der Waals surface area contributed by atoms with Crippen molar-refractivity contribution in [3.8, 4) is 11.5 Å². The lowest BCUT2D eigenvalue weighted by Crippen LogP contribution is -2.36. The van der Waals surface area contributed by atoms with Crippen molar-refractivity contribution in [3.63, 3.8) is 0 Å². The molecule has 156 valence electrons. The second-order valence-electron chi connectivity index (χ2n) is 7.93. The number of nitrogens with zero attached hydrogens (tertiary/aromatic N) is 1. The fraction of sp³-hybridized carbons (Fsp3) is 0.609. The first-order chi connectivity index (χ1) is 13.5. The van der Waals surface area contributed by atoms with Gasteiger partial charge in [0.05, 0.1) is 14.2 Å². The molecule has 0 radical (unpaired) electrons. The smallest absolute Gasteiger partial charge is 0.220 e. The second kappa shape index (κ2) is 11.7. The van der Waals surface area contributed by atoms with Gasteiger partial charge in [0.25, 0.3) is 0 Å². The van der Waals surface area contributed by atoms with Crippen LogP contribution in [0.2, 0.25) is 0 Å². The van der Waals surface area contributed by atoms with E-state index >= 15 is 0 Å². The number of allylic oxidation sites excluding steroid dienone is 1. The number of rotatable bonds is 10. The minimum atomic E-state index is 0.106. The van der Waals surface area contributed by atoms with Gasteiger partial charge in [-0.05, 0) is 49.8 Å². The van der Waals surface area contributed by atoms with E-state index in [0.29, 0.717) is 24.8 Å². The van der Waals surface area contributed by atoms with Crippen LogP contribution in [-0.2, 0) is 11.3 Å². The molecule has 1 aliphatic heterocycles. The highest BCUT2D eigenvalue weighted by Gasteiger charge is 2.20. The number of amides is 1. The summed E-state index contributed by atoms with van der Waals surface area (Å²) in [5, 5.41) is 3.02. The third kappa shape index (κ3) is 7.55. The number of hydrogen-bond acceptors (Lipinski definition) is 4. The molecule has 1 aromatic rings. The van der Waals surface area contributed by atoms with E-state index in [9.17, 15) is 4.79 Å². The van der Waals surface area contributed by atoms with Crippen molar-refractivity contribution in [2.75, 3.05) is 33.9 Å². The van der Waals surface area contributed by atoms with E-state index in [2.05, 4.69) is 36.2 Å². The minimum absolute atomic E-state index is 0.106. The summed E-state index contributed by atoms with van der Waals surface area (Å²) in [5.41, 5.74) is 0.956. The summed E-state index contributed by atoms with van der Waals surface area (Å²) in [5.74, 6) is 2.81. The Hall–Kier alpha value is -2.01. The minimum Gasteiger partial charge on any atom is -0.497 e. The van der Waals surface area contributed by atoms with Gasteiger partial charge in [-0.15, -0.1) is 0 Å². The predicted molar refractivity (Wildman–Crippen MR) is 114 cm³/mol. The highest BCUT2D eigenvalue weighted by Crippen LogP contribution is 2.25. The number of likely N-dealkylation sites (tertiary alicyclic amines) is 1. The molecule has 0 spiro atoms. The molecule has 1 aromatic carbocycles. The van der Waals surface area contributed by atoms with Gasteiger partial charge in [-0.3, -0.25) is 9.69 Å². The summed E-state index contributed by atoms with van der Waals surface area (Å²) >= 11 is 0. The van der Waals surface area contributed by atoms with Crippen LogP contribution < -0.4 is 14.8 Å². The van der Waals surface area contributed by atoms with E-state index in [1.165, 1.54) is 19.4 Å². The molecule has 1 N–H and O–H groups in total. The number of piperidine rings is 1. The monoisotopic (exact) mass is 388 g/mol. The molecule has 1 saturated heterocycles. The molecule has 1 aliphatic rings. The molecule has 0 saturated carbocycles. The molecule has 0 unspecified atom stereocenters. The standard InChI is InChI=1S/C23H36N2O3/c1-18(2)7-5-13-25-14-6-8-19(17-25)9-12-23(26)24-16-20-10-11-21(27-3)15-22(20)28-4/h5,7,10-11,15,18-19H,6,8-9,12-14,16-17H2,1-4H3,(H,24,26)/b7-5+/t19-/m1/s1. The van der Waals surface area contributed by atoms with Gasteiger partial charge in [-0.1, -0.05) is 26.0 Å². The zero-order valence-corrected chi connectivity index (χ0v) is 17.9. The molecule has 28 heavy (non-hydrogen) atoms. The van der Waals surface area contributed by atoms with Crippen LogP contribution in [-0.4, -0.2) is 44.7 Å². The van der Waals surface area contributed by atoms with Gasteiger partial charge in [0, 0.05) is 37.7 Å². The lowest BCUT2D eigenvalue weighted by molar-refractivity contribution is -0.121. The molecular formula is C23H36N2O3. The Kier molecular flexibility index (Phi) is 9.35. The summed E-state index contributed by atoms with van der Waals surface area (Å²) in [4.78, 5) is 14.8. The molecule has 2 rings (SSSR count). The Morgan fingerprint density at radius 3 is 2.86 bits per heavy atom. The van der Waals surface area contributed by atoms with Gasteiger partial charge in [0.15, 0.2) is 0 Å². The van der Waals surface area contributed by atoms with Crippen molar-refractivity contribution in [2.24, 2.45) is 11.8 Å². The van der Waals surface area contributed by atoms with Crippen molar-refractivity contribution >= 4 is 5.91 Å². The Balaban J connectivity index is 1.73. The number of carbonyl (C=O) groups is 1. The van der Waals surface area contributed by atoms with Crippen LogP contribution in [0.4, 0.5) is 0 Å². The van der Waals surface area contributed by atoms with Crippen LogP contribution in [0.25, 0.3) is 0 Å². The van der Waals surface area contributed by atoms with Crippen LogP contribution in [0.1, 0.15) is 45.1 Å². The van der Waals surface area contributed by atoms with Crippen LogP contribution >= 0.6 is 0 Å². The van der Waals surface area contributed by atoms with Crippen LogP contribution in [0.15, 0.2) is 30.4 Å². The fourth-order valence-corrected chi connectivity index (χ4v) is 3.65. The number of carbonyl (C=O) groups excluding carboxylic acids is 1. The summed E-state index contributed by atoms with van der Waals surface area (Å²) in [6.07, 6.45) is 8.54. The van der Waals surface area contributed by atoms with E-state index in [1.54, 1.807) is 14.2 Å². The SMILES string of the molecule is COc1ccc(CNC(=O)CC[C@H]2CCCN(C/C=C/C(C)C)C2)c(OC)c1. The normalized spacial score (nSPS) is 17.8. The Bertz CT molecular complexity index is 643. The summed E-state index contributed by atoms with van der Waals surface area (Å²) < 4.78 is 10.6. The topological polar surface area (TPSA) is 50.8 Å². The van der Waals surface area contributed by atoms with Gasteiger partial charge in [0.1, 0.15) is 11.5 Å². The predicted octanol–water partition coefficient (Wildman–Crippen LogP) is 4.02. The highest BCUT2D eigenvalue weighted by atomic mass is 16.5. The first kappa shape index (κ1) is 22.3. The second-order valence-corrected chi connectivity index (χ2v) is 7.93. The van der Waals surface area contributed by atoms with Crippen molar-refractivity contribution in [3.05, 3.63) is 35.9 Å². The largest absolute Gasteiger partial charge is 0.497 e. The third-order valence-corrected chi connectivity index (χ3v) is 5.24. The van der Waals surface area contributed by atoms with Gasteiger partial charge >= 0.3 is 0 Å². The number of hydrogen-bond donors (Lipinski definition) is 1. The lowest BCUT2D eigenvalue weighted by atomic mass is 9.93. The zero-order chi connectivity index (χ0) is 20.4. The summed E-state index contributed by atoms with van der Waals surface area (Å²) in [6, 6.07) is 5.65. The van der Waals surface area contributed by atoms with Crippen molar-refractivity contribution in [1.29, 1.82) is 0 Å². The maximum atomic E-state index is 12.3. The molecule has 1 heterocycles. The van der Waals surface area contributed by atoms with Gasteiger partial charge in [-0.2, -0.15) is 0 Å². The fourth-order valence-electron chi connectivity index (χ4n) is 3.65. The first-order valence-corrected chi connectivity index (χ1v) is 10.4. The summed E-state index contributed by atoms with van der Waals surface area (Å²) in [7, 11) is 3.26. The van der Waals surface area contributed by atoms with Crippen LogP contribution in [0.5, 0.6) is 11.5 Å². The van der Waals surface area contributed by atoms with Crippen LogP contribution in [0.3, 0.4) is 0 Å². The third-order valence-electron chi connectivity index (χ3n) is 5.24. The van der Waals surface area contributed by atoms with Gasteiger partial charge in [-0.25, -0.2) is 0 Å². The maximum absolute atomic E-state index is 12.3. The average molecular weight is 389 g/mol. The number of nitrogens with one attached hydrogen (secondary N) is 1.